The zero-order valence-corrected chi connectivity index (χ0v) is 9.42. The molecule has 0 saturated heterocycles. The summed E-state index contributed by atoms with van der Waals surface area (Å²) in [5.41, 5.74) is 0.965. The van der Waals surface area contributed by atoms with E-state index in [4.69, 9.17) is 16.9 Å². The van der Waals surface area contributed by atoms with E-state index in [1.54, 1.807) is 0 Å². The van der Waals surface area contributed by atoms with Gasteiger partial charge in [0.15, 0.2) is 0 Å². The SMILES string of the molecule is C[N+](C)(C)C(C#N)c1cccc(Cl)c1. The molecule has 74 valence electrons. The van der Waals surface area contributed by atoms with Crippen molar-refractivity contribution in [2.45, 2.75) is 6.04 Å². The predicted octanol–water partition coefficient (Wildman–Crippen LogP) is 2.61. The van der Waals surface area contributed by atoms with Crippen molar-refractivity contribution >= 4 is 11.6 Å². The minimum absolute atomic E-state index is 0.173. The van der Waals surface area contributed by atoms with Gasteiger partial charge in [-0.05, 0) is 12.1 Å². The van der Waals surface area contributed by atoms with E-state index in [2.05, 4.69) is 6.07 Å². The molecule has 0 aliphatic heterocycles. The summed E-state index contributed by atoms with van der Waals surface area (Å²) in [7, 11) is 5.98. The molecule has 0 amide bonds. The quantitative estimate of drug-likeness (QED) is 0.687. The van der Waals surface area contributed by atoms with Gasteiger partial charge in [0, 0.05) is 10.6 Å². The Balaban J connectivity index is 3.09. The molecule has 1 aromatic carbocycles. The minimum Gasteiger partial charge on any atom is -0.313 e. The Bertz CT molecular complexity index is 360. The van der Waals surface area contributed by atoms with Gasteiger partial charge in [-0.25, -0.2) is 0 Å². The lowest BCUT2D eigenvalue weighted by Gasteiger charge is -2.29. The van der Waals surface area contributed by atoms with Crippen LogP contribution in [-0.4, -0.2) is 25.6 Å². The van der Waals surface area contributed by atoms with Crippen LogP contribution in [0.5, 0.6) is 0 Å². The van der Waals surface area contributed by atoms with E-state index in [9.17, 15) is 0 Å². The lowest BCUT2D eigenvalue weighted by molar-refractivity contribution is -0.893. The van der Waals surface area contributed by atoms with Gasteiger partial charge < -0.3 is 4.48 Å². The van der Waals surface area contributed by atoms with Gasteiger partial charge in [0.1, 0.15) is 6.07 Å². The van der Waals surface area contributed by atoms with Crippen molar-refractivity contribution in [1.82, 2.24) is 0 Å². The number of benzene rings is 1. The highest BCUT2D eigenvalue weighted by Gasteiger charge is 2.25. The predicted molar refractivity (Wildman–Crippen MR) is 57.8 cm³/mol. The fraction of sp³-hybridized carbons (Fsp3) is 0.364. The van der Waals surface area contributed by atoms with Crippen molar-refractivity contribution < 1.29 is 4.48 Å². The van der Waals surface area contributed by atoms with Crippen LogP contribution in [0.1, 0.15) is 11.6 Å². The zero-order valence-electron chi connectivity index (χ0n) is 8.66. The minimum atomic E-state index is -0.173. The highest BCUT2D eigenvalue weighted by Crippen LogP contribution is 2.24. The molecular formula is C11H14ClN2+. The molecule has 2 nitrogen and oxygen atoms in total. The van der Waals surface area contributed by atoms with Crippen LogP contribution in [0.3, 0.4) is 0 Å². The Hall–Kier alpha value is -1.04. The van der Waals surface area contributed by atoms with Gasteiger partial charge >= 0.3 is 0 Å². The van der Waals surface area contributed by atoms with E-state index in [1.807, 2.05) is 45.4 Å². The van der Waals surface area contributed by atoms with Crippen molar-refractivity contribution in [2.75, 3.05) is 21.1 Å². The molecule has 0 saturated carbocycles. The Kier molecular flexibility index (Phi) is 3.15. The average molecular weight is 210 g/mol. The number of quaternary nitrogens is 1. The first-order valence-electron chi connectivity index (χ1n) is 4.41. The molecule has 1 atom stereocenters. The van der Waals surface area contributed by atoms with Crippen molar-refractivity contribution in [1.29, 1.82) is 5.26 Å². The molecule has 0 bridgehead atoms. The van der Waals surface area contributed by atoms with E-state index in [0.717, 1.165) is 5.56 Å². The van der Waals surface area contributed by atoms with E-state index >= 15 is 0 Å². The molecule has 14 heavy (non-hydrogen) atoms. The maximum atomic E-state index is 9.10. The smallest absolute Gasteiger partial charge is 0.201 e. The molecule has 1 rings (SSSR count). The maximum Gasteiger partial charge on any atom is 0.201 e. The zero-order chi connectivity index (χ0) is 10.8. The molecular weight excluding hydrogens is 196 g/mol. The van der Waals surface area contributed by atoms with E-state index in [0.29, 0.717) is 9.51 Å². The summed E-state index contributed by atoms with van der Waals surface area (Å²) in [6.45, 7) is 0. The van der Waals surface area contributed by atoms with Crippen molar-refractivity contribution in [3.63, 3.8) is 0 Å². The first kappa shape index (κ1) is 11.0. The number of nitriles is 1. The van der Waals surface area contributed by atoms with Gasteiger partial charge in [-0.15, -0.1) is 0 Å². The lowest BCUT2D eigenvalue weighted by atomic mass is 10.1. The maximum absolute atomic E-state index is 9.10. The summed E-state index contributed by atoms with van der Waals surface area (Å²) in [5, 5.41) is 9.77. The Labute approximate surface area is 89.9 Å². The van der Waals surface area contributed by atoms with E-state index in [-0.39, 0.29) is 6.04 Å². The summed E-state index contributed by atoms with van der Waals surface area (Å²) >= 11 is 5.88. The van der Waals surface area contributed by atoms with Crippen LogP contribution in [0, 0.1) is 11.3 Å². The molecule has 0 N–H and O–H groups in total. The van der Waals surface area contributed by atoms with Crippen LogP contribution in [0.15, 0.2) is 24.3 Å². The first-order valence-corrected chi connectivity index (χ1v) is 4.79. The second-order valence-corrected chi connectivity index (χ2v) is 4.64. The molecule has 0 heterocycles. The Morgan fingerprint density at radius 2 is 2.00 bits per heavy atom. The molecule has 0 spiro atoms. The number of hydrogen-bond acceptors (Lipinski definition) is 1. The van der Waals surface area contributed by atoms with Crippen LogP contribution < -0.4 is 0 Å². The largest absolute Gasteiger partial charge is 0.313 e. The normalized spacial score (nSPS) is 13.4. The van der Waals surface area contributed by atoms with Gasteiger partial charge in [-0.3, -0.25) is 0 Å². The topological polar surface area (TPSA) is 23.8 Å². The van der Waals surface area contributed by atoms with Crippen LogP contribution in [0.25, 0.3) is 0 Å². The van der Waals surface area contributed by atoms with Gasteiger partial charge in [-0.2, -0.15) is 5.26 Å². The summed E-state index contributed by atoms with van der Waals surface area (Å²) in [6, 6.07) is 9.59. The molecule has 1 aromatic rings. The fourth-order valence-electron chi connectivity index (χ4n) is 1.37. The molecule has 0 aliphatic rings. The highest BCUT2D eigenvalue weighted by atomic mass is 35.5. The number of rotatable bonds is 2. The highest BCUT2D eigenvalue weighted by molar-refractivity contribution is 6.30. The third kappa shape index (κ3) is 2.47. The Morgan fingerprint density at radius 3 is 2.43 bits per heavy atom. The Morgan fingerprint density at radius 1 is 1.36 bits per heavy atom. The van der Waals surface area contributed by atoms with Gasteiger partial charge in [-0.1, -0.05) is 23.7 Å². The molecule has 0 aromatic heterocycles. The molecule has 0 fully saturated rings. The van der Waals surface area contributed by atoms with Crippen LogP contribution >= 0.6 is 11.6 Å². The summed E-state index contributed by atoms with van der Waals surface area (Å²) in [4.78, 5) is 0. The molecule has 0 aliphatic carbocycles. The van der Waals surface area contributed by atoms with Crippen LogP contribution in [0.4, 0.5) is 0 Å². The second kappa shape index (κ2) is 4.00. The monoisotopic (exact) mass is 209 g/mol. The van der Waals surface area contributed by atoms with E-state index in [1.165, 1.54) is 0 Å². The fourth-order valence-corrected chi connectivity index (χ4v) is 1.57. The number of hydrogen-bond donors (Lipinski definition) is 0. The van der Waals surface area contributed by atoms with Crippen molar-refractivity contribution in [2.24, 2.45) is 0 Å². The lowest BCUT2D eigenvalue weighted by Crippen LogP contribution is -2.38. The second-order valence-electron chi connectivity index (χ2n) is 4.20. The van der Waals surface area contributed by atoms with Crippen LogP contribution in [0.2, 0.25) is 5.02 Å². The summed E-state index contributed by atoms with van der Waals surface area (Å²) in [5.74, 6) is 0. The standard InChI is InChI=1S/C11H14ClN2/c1-14(2,3)11(8-13)9-5-4-6-10(12)7-9/h4-7,11H,1-3H3/q+1. The average Bonchev–Trinajstić information content (AvgIpc) is 2.02. The van der Waals surface area contributed by atoms with E-state index < -0.39 is 0 Å². The summed E-state index contributed by atoms with van der Waals surface area (Å²) in [6.07, 6.45) is 0. The third-order valence-corrected chi connectivity index (χ3v) is 2.30. The van der Waals surface area contributed by atoms with Gasteiger partial charge in [0.25, 0.3) is 0 Å². The van der Waals surface area contributed by atoms with Crippen molar-refractivity contribution in [3.05, 3.63) is 34.9 Å². The van der Waals surface area contributed by atoms with Crippen LogP contribution in [-0.2, 0) is 0 Å². The third-order valence-electron chi connectivity index (χ3n) is 2.06. The number of halogens is 1. The summed E-state index contributed by atoms with van der Waals surface area (Å²) < 4.78 is 0.580. The first-order chi connectivity index (χ1) is 6.45. The number of nitrogens with zero attached hydrogens (tertiary/aromatic N) is 2. The molecule has 0 radical (unpaired) electrons. The van der Waals surface area contributed by atoms with Gasteiger partial charge in [0.05, 0.1) is 21.1 Å². The van der Waals surface area contributed by atoms with Crippen molar-refractivity contribution in [3.8, 4) is 6.07 Å². The molecule has 3 heteroatoms. The van der Waals surface area contributed by atoms with Gasteiger partial charge in [0.2, 0.25) is 6.04 Å². The molecule has 1 unspecified atom stereocenters.